The molecule has 1 aromatic carbocycles. The molecule has 0 aliphatic rings. The second-order valence-electron chi connectivity index (χ2n) is 4.96. The molecule has 108 valence electrons. The van der Waals surface area contributed by atoms with E-state index in [1.165, 1.54) is 0 Å². The Labute approximate surface area is 115 Å². The summed E-state index contributed by atoms with van der Waals surface area (Å²) in [5.74, 6) is 0.791. The topological polar surface area (TPSA) is 50.7 Å². The van der Waals surface area contributed by atoms with Crippen LogP contribution in [0, 0.1) is 0 Å². The fraction of sp³-hybridized carbons (Fsp3) is 0.600. The molecule has 0 spiro atoms. The van der Waals surface area contributed by atoms with Crippen LogP contribution in [0.15, 0.2) is 24.3 Å². The normalized spacial score (nSPS) is 14.1. The van der Waals surface area contributed by atoms with Gasteiger partial charge < -0.3 is 19.9 Å². The summed E-state index contributed by atoms with van der Waals surface area (Å²) in [6.45, 7) is 6.35. The van der Waals surface area contributed by atoms with Crippen LogP contribution < -0.4 is 10.1 Å². The number of nitrogens with one attached hydrogen (secondary N) is 1. The molecule has 0 saturated carbocycles. The van der Waals surface area contributed by atoms with Crippen molar-refractivity contribution in [3.8, 4) is 5.75 Å². The Kier molecular flexibility index (Phi) is 6.84. The number of ether oxygens (including phenoxy) is 2. The van der Waals surface area contributed by atoms with Crippen molar-refractivity contribution in [2.75, 3.05) is 26.9 Å². The SMILES string of the molecule is CCC(C)(O)COc1cccc(CNCCOC)c1. The minimum absolute atomic E-state index is 0.310. The van der Waals surface area contributed by atoms with Crippen LogP contribution in [-0.2, 0) is 11.3 Å². The molecule has 0 aromatic heterocycles. The average Bonchev–Trinajstić information content (AvgIpc) is 2.42. The lowest BCUT2D eigenvalue weighted by molar-refractivity contribution is 0.00844. The van der Waals surface area contributed by atoms with Gasteiger partial charge in [0.1, 0.15) is 12.4 Å². The summed E-state index contributed by atoms with van der Waals surface area (Å²) in [7, 11) is 1.69. The van der Waals surface area contributed by atoms with Gasteiger partial charge in [-0.25, -0.2) is 0 Å². The summed E-state index contributed by atoms with van der Waals surface area (Å²) in [5, 5.41) is 13.2. The number of benzene rings is 1. The van der Waals surface area contributed by atoms with Gasteiger partial charge in [-0.1, -0.05) is 19.1 Å². The molecule has 0 saturated heterocycles. The molecule has 1 unspecified atom stereocenters. The molecule has 19 heavy (non-hydrogen) atoms. The minimum Gasteiger partial charge on any atom is -0.491 e. The van der Waals surface area contributed by atoms with E-state index >= 15 is 0 Å². The summed E-state index contributed by atoms with van der Waals surface area (Å²) < 4.78 is 10.6. The van der Waals surface area contributed by atoms with Crippen LogP contribution >= 0.6 is 0 Å². The third-order valence-corrected chi connectivity index (χ3v) is 3.02. The smallest absolute Gasteiger partial charge is 0.119 e. The maximum atomic E-state index is 9.90. The summed E-state index contributed by atoms with van der Waals surface area (Å²) in [6, 6.07) is 7.91. The van der Waals surface area contributed by atoms with E-state index in [1.54, 1.807) is 14.0 Å². The lowest BCUT2D eigenvalue weighted by Crippen LogP contribution is -2.31. The Morgan fingerprint density at radius 3 is 2.84 bits per heavy atom. The van der Waals surface area contributed by atoms with Crippen molar-refractivity contribution in [1.29, 1.82) is 0 Å². The molecule has 0 heterocycles. The average molecular weight is 267 g/mol. The number of aliphatic hydroxyl groups is 1. The van der Waals surface area contributed by atoms with E-state index in [9.17, 15) is 5.11 Å². The molecule has 0 amide bonds. The van der Waals surface area contributed by atoms with Gasteiger partial charge >= 0.3 is 0 Å². The van der Waals surface area contributed by atoms with Crippen molar-refractivity contribution in [2.45, 2.75) is 32.4 Å². The molecule has 0 fully saturated rings. The summed E-state index contributed by atoms with van der Waals surface area (Å²) in [5.41, 5.74) is 0.386. The number of methoxy groups -OCH3 is 1. The highest BCUT2D eigenvalue weighted by Gasteiger charge is 2.18. The van der Waals surface area contributed by atoms with E-state index in [-0.39, 0.29) is 0 Å². The molecule has 1 atom stereocenters. The largest absolute Gasteiger partial charge is 0.491 e. The van der Waals surface area contributed by atoms with Crippen LogP contribution in [0.2, 0.25) is 0 Å². The highest BCUT2D eigenvalue weighted by atomic mass is 16.5. The van der Waals surface area contributed by atoms with Crippen LogP contribution in [-0.4, -0.2) is 37.6 Å². The van der Waals surface area contributed by atoms with Gasteiger partial charge in [-0.2, -0.15) is 0 Å². The van der Waals surface area contributed by atoms with Crippen molar-refractivity contribution in [2.24, 2.45) is 0 Å². The molecule has 0 aliphatic heterocycles. The van der Waals surface area contributed by atoms with E-state index in [4.69, 9.17) is 9.47 Å². The number of hydrogen-bond acceptors (Lipinski definition) is 4. The molecule has 1 aromatic rings. The Hall–Kier alpha value is -1.10. The Bertz CT molecular complexity index is 366. The number of rotatable bonds is 9. The lowest BCUT2D eigenvalue weighted by atomic mass is 10.1. The molecule has 2 N–H and O–H groups in total. The molecule has 0 aliphatic carbocycles. The third kappa shape index (κ3) is 6.57. The van der Waals surface area contributed by atoms with Gasteiger partial charge in [0, 0.05) is 20.2 Å². The van der Waals surface area contributed by atoms with Gasteiger partial charge in [0.25, 0.3) is 0 Å². The van der Waals surface area contributed by atoms with Gasteiger partial charge in [-0.05, 0) is 31.0 Å². The van der Waals surface area contributed by atoms with Gasteiger partial charge in [0.05, 0.1) is 12.2 Å². The van der Waals surface area contributed by atoms with Crippen LogP contribution in [0.25, 0.3) is 0 Å². The van der Waals surface area contributed by atoms with Crippen molar-refractivity contribution >= 4 is 0 Å². The monoisotopic (exact) mass is 267 g/mol. The van der Waals surface area contributed by atoms with Crippen molar-refractivity contribution in [1.82, 2.24) is 5.32 Å². The molecular weight excluding hydrogens is 242 g/mol. The maximum absolute atomic E-state index is 9.90. The van der Waals surface area contributed by atoms with E-state index in [1.807, 2.05) is 31.2 Å². The Morgan fingerprint density at radius 2 is 2.16 bits per heavy atom. The fourth-order valence-corrected chi connectivity index (χ4v) is 1.49. The van der Waals surface area contributed by atoms with Crippen molar-refractivity contribution in [3.63, 3.8) is 0 Å². The molecule has 1 rings (SSSR count). The zero-order valence-electron chi connectivity index (χ0n) is 12.1. The molecule has 4 heteroatoms. The van der Waals surface area contributed by atoms with E-state index in [0.29, 0.717) is 19.6 Å². The first kappa shape index (κ1) is 16.0. The van der Waals surface area contributed by atoms with Crippen LogP contribution in [0.3, 0.4) is 0 Å². The van der Waals surface area contributed by atoms with Gasteiger partial charge in [-0.15, -0.1) is 0 Å². The van der Waals surface area contributed by atoms with Crippen LogP contribution in [0.5, 0.6) is 5.75 Å². The molecule has 4 nitrogen and oxygen atoms in total. The van der Waals surface area contributed by atoms with E-state index < -0.39 is 5.60 Å². The predicted molar refractivity (Wildman–Crippen MR) is 76.4 cm³/mol. The van der Waals surface area contributed by atoms with E-state index in [2.05, 4.69) is 5.32 Å². The van der Waals surface area contributed by atoms with Gasteiger partial charge in [0.2, 0.25) is 0 Å². The molecular formula is C15H25NO3. The summed E-state index contributed by atoms with van der Waals surface area (Å²) >= 11 is 0. The maximum Gasteiger partial charge on any atom is 0.119 e. The molecule has 0 bridgehead atoms. The predicted octanol–water partition coefficient (Wildman–Crippen LogP) is 1.96. The zero-order chi connectivity index (χ0) is 14.1. The lowest BCUT2D eigenvalue weighted by Gasteiger charge is -2.21. The summed E-state index contributed by atoms with van der Waals surface area (Å²) in [4.78, 5) is 0. The number of hydrogen-bond donors (Lipinski definition) is 2. The second-order valence-corrected chi connectivity index (χ2v) is 4.96. The standard InChI is InChI=1S/C15H25NO3/c1-4-15(2,17)12-19-14-7-5-6-13(10-14)11-16-8-9-18-3/h5-7,10,16-17H,4,8-9,11-12H2,1-3H3. The minimum atomic E-state index is -0.771. The first-order valence-corrected chi connectivity index (χ1v) is 6.71. The van der Waals surface area contributed by atoms with Crippen LogP contribution in [0.4, 0.5) is 0 Å². The first-order chi connectivity index (χ1) is 9.07. The fourth-order valence-electron chi connectivity index (χ4n) is 1.49. The second kappa shape index (κ2) is 8.15. The third-order valence-electron chi connectivity index (χ3n) is 3.02. The Balaban J connectivity index is 2.43. The highest BCUT2D eigenvalue weighted by Crippen LogP contribution is 2.16. The summed E-state index contributed by atoms with van der Waals surface area (Å²) in [6.07, 6.45) is 0.672. The van der Waals surface area contributed by atoms with Gasteiger partial charge in [0.15, 0.2) is 0 Å². The first-order valence-electron chi connectivity index (χ1n) is 6.71. The van der Waals surface area contributed by atoms with Crippen LogP contribution in [0.1, 0.15) is 25.8 Å². The van der Waals surface area contributed by atoms with Gasteiger partial charge in [-0.3, -0.25) is 0 Å². The Morgan fingerprint density at radius 1 is 1.37 bits per heavy atom. The molecule has 0 radical (unpaired) electrons. The van der Waals surface area contributed by atoms with Crippen molar-refractivity contribution < 1.29 is 14.6 Å². The highest BCUT2D eigenvalue weighted by molar-refractivity contribution is 5.28. The quantitative estimate of drug-likeness (QED) is 0.672. The zero-order valence-corrected chi connectivity index (χ0v) is 12.1. The van der Waals surface area contributed by atoms with Crippen molar-refractivity contribution in [3.05, 3.63) is 29.8 Å². The van der Waals surface area contributed by atoms with E-state index in [0.717, 1.165) is 24.4 Å².